The Morgan fingerprint density at radius 3 is 2.07 bits per heavy atom. The molecule has 0 aliphatic heterocycles. The quantitative estimate of drug-likeness (QED) is 0.566. The lowest BCUT2D eigenvalue weighted by Gasteiger charge is -2.14. The van der Waals surface area contributed by atoms with Crippen LogP contribution < -0.4 is 24.8 Å². The lowest BCUT2D eigenvalue weighted by atomic mass is 10.1. The summed E-state index contributed by atoms with van der Waals surface area (Å²) in [4.78, 5) is 24.6. The second-order valence-corrected chi connectivity index (χ2v) is 6.07. The Morgan fingerprint density at radius 1 is 0.862 bits per heavy atom. The van der Waals surface area contributed by atoms with E-state index < -0.39 is 0 Å². The van der Waals surface area contributed by atoms with Crippen molar-refractivity contribution >= 4 is 22.8 Å². The van der Waals surface area contributed by atoms with Gasteiger partial charge in [0.1, 0.15) is 5.58 Å². The summed E-state index contributed by atoms with van der Waals surface area (Å²) < 4.78 is 21.3. The number of benzene rings is 2. The first-order valence-electron chi connectivity index (χ1n) is 8.92. The topological polar surface area (TPSA) is 99.0 Å². The van der Waals surface area contributed by atoms with E-state index in [-0.39, 0.29) is 30.7 Å². The predicted molar refractivity (Wildman–Crippen MR) is 107 cm³/mol. The van der Waals surface area contributed by atoms with Crippen molar-refractivity contribution in [2.75, 3.05) is 34.4 Å². The number of fused-ring (bicyclic) bond motifs is 1. The number of carbonyl (C=O) groups is 2. The monoisotopic (exact) mass is 398 g/mol. The van der Waals surface area contributed by atoms with Gasteiger partial charge in [-0.15, -0.1) is 0 Å². The van der Waals surface area contributed by atoms with Gasteiger partial charge in [-0.1, -0.05) is 18.2 Å². The molecule has 1 heterocycles. The average molecular weight is 398 g/mol. The Morgan fingerprint density at radius 2 is 1.48 bits per heavy atom. The van der Waals surface area contributed by atoms with Crippen LogP contribution in [0.2, 0.25) is 0 Å². The fraction of sp³-hybridized carbons (Fsp3) is 0.238. The van der Waals surface area contributed by atoms with E-state index in [1.807, 2.05) is 18.2 Å². The van der Waals surface area contributed by atoms with Gasteiger partial charge in [0.2, 0.25) is 5.75 Å². The number of ether oxygens (including phenoxy) is 3. The number of carbonyl (C=O) groups excluding carboxylic acids is 2. The normalized spacial score (nSPS) is 10.4. The third-order valence-corrected chi connectivity index (χ3v) is 4.27. The van der Waals surface area contributed by atoms with Crippen LogP contribution in [-0.4, -0.2) is 46.2 Å². The van der Waals surface area contributed by atoms with Gasteiger partial charge in [0.25, 0.3) is 11.8 Å². The summed E-state index contributed by atoms with van der Waals surface area (Å²) in [5, 5.41) is 6.30. The highest BCUT2D eigenvalue weighted by Crippen LogP contribution is 2.38. The van der Waals surface area contributed by atoms with Gasteiger partial charge in [-0.2, -0.15) is 0 Å². The minimum Gasteiger partial charge on any atom is -0.493 e. The van der Waals surface area contributed by atoms with Crippen molar-refractivity contribution in [1.29, 1.82) is 0 Å². The molecule has 0 aliphatic carbocycles. The summed E-state index contributed by atoms with van der Waals surface area (Å²) in [6.45, 7) is 0.480. The summed E-state index contributed by atoms with van der Waals surface area (Å²) >= 11 is 0. The van der Waals surface area contributed by atoms with Crippen molar-refractivity contribution < 1.29 is 28.2 Å². The van der Waals surface area contributed by atoms with Crippen LogP contribution >= 0.6 is 0 Å². The molecule has 0 spiro atoms. The van der Waals surface area contributed by atoms with E-state index in [2.05, 4.69) is 10.6 Å². The third-order valence-electron chi connectivity index (χ3n) is 4.27. The van der Waals surface area contributed by atoms with Crippen molar-refractivity contribution in [1.82, 2.24) is 10.6 Å². The minimum absolute atomic E-state index is 0.224. The first kappa shape index (κ1) is 20.1. The highest BCUT2D eigenvalue weighted by molar-refractivity contribution is 5.97. The van der Waals surface area contributed by atoms with Gasteiger partial charge in [-0.05, 0) is 24.3 Å². The average Bonchev–Trinajstić information content (AvgIpc) is 3.19. The number of methoxy groups -OCH3 is 3. The molecular weight excluding hydrogens is 376 g/mol. The maximum atomic E-state index is 12.4. The molecular formula is C21H22N2O6. The maximum Gasteiger partial charge on any atom is 0.287 e. The van der Waals surface area contributed by atoms with E-state index in [4.69, 9.17) is 18.6 Å². The minimum atomic E-state index is -0.344. The summed E-state index contributed by atoms with van der Waals surface area (Å²) in [6, 6.07) is 12.2. The molecule has 0 bridgehead atoms. The largest absolute Gasteiger partial charge is 0.493 e. The van der Waals surface area contributed by atoms with Crippen molar-refractivity contribution in [2.24, 2.45) is 0 Å². The molecule has 0 aliphatic rings. The predicted octanol–water partition coefficient (Wildman–Crippen LogP) is 2.62. The molecule has 2 N–H and O–H groups in total. The van der Waals surface area contributed by atoms with Crippen LogP contribution in [0.3, 0.4) is 0 Å². The van der Waals surface area contributed by atoms with E-state index in [1.54, 1.807) is 24.3 Å². The number of hydrogen-bond donors (Lipinski definition) is 2. The Labute approximate surface area is 167 Å². The molecule has 0 unspecified atom stereocenters. The zero-order chi connectivity index (χ0) is 20.8. The number of amides is 2. The summed E-state index contributed by atoms with van der Waals surface area (Å²) in [6.07, 6.45) is 0. The third kappa shape index (κ3) is 4.43. The molecule has 3 rings (SSSR count). The zero-order valence-electron chi connectivity index (χ0n) is 16.4. The lowest BCUT2D eigenvalue weighted by Crippen LogP contribution is -2.34. The SMILES string of the molecule is COc1cc(C(=O)NCCNC(=O)c2cc3ccccc3o2)cc(OC)c1OC. The second kappa shape index (κ2) is 9.01. The molecule has 0 saturated heterocycles. The van der Waals surface area contributed by atoms with Crippen molar-refractivity contribution in [3.63, 3.8) is 0 Å². The Hall–Kier alpha value is -3.68. The molecule has 0 saturated carbocycles. The van der Waals surface area contributed by atoms with Crippen molar-refractivity contribution in [2.45, 2.75) is 0 Å². The molecule has 0 atom stereocenters. The van der Waals surface area contributed by atoms with E-state index >= 15 is 0 Å². The second-order valence-electron chi connectivity index (χ2n) is 6.07. The van der Waals surface area contributed by atoms with Gasteiger partial charge in [-0.25, -0.2) is 0 Å². The van der Waals surface area contributed by atoms with Crippen molar-refractivity contribution in [3.8, 4) is 17.2 Å². The molecule has 1 aromatic heterocycles. The summed E-state index contributed by atoms with van der Waals surface area (Å²) in [5.74, 6) is 0.725. The lowest BCUT2D eigenvalue weighted by molar-refractivity contribution is 0.0912. The molecule has 2 aromatic carbocycles. The van der Waals surface area contributed by atoms with Crippen molar-refractivity contribution in [3.05, 3.63) is 53.8 Å². The van der Waals surface area contributed by atoms with Gasteiger partial charge in [0.05, 0.1) is 21.3 Å². The van der Waals surface area contributed by atoms with Gasteiger partial charge in [0.15, 0.2) is 17.3 Å². The number of nitrogens with one attached hydrogen (secondary N) is 2. The van der Waals surface area contributed by atoms with Crippen LogP contribution in [0.1, 0.15) is 20.9 Å². The summed E-state index contributed by atoms with van der Waals surface area (Å²) in [7, 11) is 4.45. The first-order valence-corrected chi connectivity index (χ1v) is 8.92. The molecule has 2 amide bonds. The highest BCUT2D eigenvalue weighted by Gasteiger charge is 2.17. The molecule has 8 heteroatoms. The fourth-order valence-electron chi connectivity index (χ4n) is 2.85. The van der Waals surface area contributed by atoms with Crippen LogP contribution in [0.4, 0.5) is 0 Å². The van der Waals surface area contributed by atoms with E-state index in [0.29, 0.717) is 28.4 Å². The molecule has 3 aromatic rings. The molecule has 0 fully saturated rings. The highest BCUT2D eigenvalue weighted by atomic mass is 16.5. The standard InChI is InChI=1S/C21H22N2O6/c1-26-16-11-14(12-17(27-2)19(16)28-3)20(24)22-8-9-23-21(25)18-10-13-6-4-5-7-15(13)29-18/h4-7,10-12H,8-9H2,1-3H3,(H,22,24)(H,23,25). The molecule has 152 valence electrons. The number of hydrogen-bond acceptors (Lipinski definition) is 6. The van der Waals surface area contributed by atoms with Crippen LogP contribution in [0.15, 0.2) is 46.9 Å². The van der Waals surface area contributed by atoms with Crippen LogP contribution in [0.5, 0.6) is 17.2 Å². The van der Waals surface area contributed by atoms with Gasteiger partial charge in [-0.3, -0.25) is 9.59 Å². The number of rotatable bonds is 8. The summed E-state index contributed by atoms with van der Waals surface area (Å²) in [5.41, 5.74) is 0.997. The zero-order valence-corrected chi connectivity index (χ0v) is 16.4. The van der Waals surface area contributed by atoms with Gasteiger partial charge >= 0.3 is 0 Å². The molecule has 0 radical (unpaired) electrons. The first-order chi connectivity index (χ1) is 14.1. The van der Waals surface area contributed by atoms with Gasteiger partial charge in [0, 0.05) is 24.0 Å². The van der Waals surface area contributed by atoms with E-state index in [1.165, 1.54) is 21.3 Å². The van der Waals surface area contributed by atoms with Crippen LogP contribution in [0.25, 0.3) is 11.0 Å². The maximum absolute atomic E-state index is 12.4. The number of para-hydroxylation sites is 1. The Balaban J connectivity index is 1.56. The molecule has 8 nitrogen and oxygen atoms in total. The van der Waals surface area contributed by atoms with E-state index in [9.17, 15) is 9.59 Å². The van der Waals surface area contributed by atoms with Crippen LogP contribution in [0, 0.1) is 0 Å². The smallest absolute Gasteiger partial charge is 0.287 e. The van der Waals surface area contributed by atoms with Gasteiger partial charge < -0.3 is 29.3 Å². The molecule has 29 heavy (non-hydrogen) atoms. The number of furan rings is 1. The van der Waals surface area contributed by atoms with Crippen LogP contribution in [-0.2, 0) is 0 Å². The van der Waals surface area contributed by atoms with E-state index in [0.717, 1.165) is 5.39 Å². The Kier molecular flexibility index (Phi) is 6.23. The fourth-order valence-corrected chi connectivity index (χ4v) is 2.85. The Bertz CT molecular complexity index is 969.